The van der Waals surface area contributed by atoms with Crippen molar-refractivity contribution in [3.8, 4) is 5.75 Å². The van der Waals surface area contributed by atoms with Gasteiger partial charge in [-0.25, -0.2) is 9.97 Å². The Morgan fingerprint density at radius 2 is 1.55 bits per heavy atom. The standard InChI is InChI=1S/C43H34N4O2/c1-28(48)49-35-20-12-19-34(25-35)43-42(31-17-10-5-11-18-31)45-37-24-22-33(27-39(37)47-43)32-21-23-36-38(26-32)46-41(30-13-6-2-3-7-14-30)40(44-36)29-15-8-4-9-16-29/h2-6,8-15,17-27,29,37,39H,7,16H2,1H3/t29?,37?,39-/m0/s1. The zero-order valence-electron chi connectivity index (χ0n) is 27.1. The Morgan fingerprint density at radius 1 is 0.714 bits per heavy atom. The van der Waals surface area contributed by atoms with E-state index in [2.05, 4.69) is 91.1 Å². The lowest BCUT2D eigenvalue weighted by atomic mass is 9.90. The van der Waals surface area contributed by atoms with Gasteiger partial charge >= 0.3 is 5.97 Å². The molecule has 3 aromatic carbocycles. The molecule has 238 valence electrons. The third kappa shape index (κ3) is 6.33. The van der Waals surface area contributed by atoms with Crippen LogP contribution in [-0.2, 0) is 4.79 Å². The Labute approximate surface area is 285 Å². The molecule has 2 heterocycles. The Bertz CT molecular complexity index is 2250. The molecule has 0 spiro atoms. The molecule has 1 aliphatic heterocycles. The lowest BCUT2D eigenvalue weighted by Crippen LogP contribution is -2.33. The van der Waals surface area contributed by atoms with Gasteiger partial charge in [0.2, 0.25) is 0 Å². The fraction of sp³-hybridized carbons (Fsp3) is 0.140. The molecule has 1 aromatic heterocycles. The fourth-order valence-electron chi connectivity index (χ4n) is 6.65. The van der Waals surface area contributed by atoms with E-state index >= 15 is 0 Å². The molecule has 0 saturated heterocycles. The largest absolute Gasteiger partial charge is 0.427 e. The van der Waals surface area contributed by atoms with Crippen molar-refractivity contribution in [1.82, 2.24) is 9.97 Å². The van der Waals surface area contributed by atoms with Crippen LogP contribution in [0.4, 0.5) is 0 Å². The number of esters is 1. The summed E-state index contributed by atoms with van der Waals surface area (Å²) in [4.78, 5) is 32.7. The number of fused-ring (bicyclic) bond motifs is 2. The van der Waals surface area contributed by atoms with Crippen molar-refractivity contribution in [2.24, 2.45) is 9.98 Å². The first kappa shape index (κ1) is 30.3. The first-order valence-corrected chi connectivity index (χ1v) is 16.7. The van der Waals surface area contributed by atoms with E-state index in [0.717, 1.165) is 74.5 Å². The molecule has 8 rings (SSSR count). The number of aromatic nitrogens is 2. The van der Waals surface area contributed by atoms with Crippen LogP contribution in [0.2, 0.25) is 0 Å². The van der Waals surface area contributed by atoms with Crippen LogP contribution in [0.1, 0.15) is 53.8 Å². The Balaban J connectivity index is 1.18. The number of hydrogen-bond acceptors (Lipinski definition) is 6. The number of nitrogens with zero attached hydrogens (tertiary/aromatic N) is 4. The maximum Gasteiger partial charge on any atom is 0.308 e. The zero-order chi connectivity index (χ0) is 33.2. The smallest absolute Gasteiger partial charge is 0.308 e. The molecule has 2 unspecified atom stereocenters. The van der Waals surface area contributed by atoms with Crippen molar-refractivity contribution >= 4 is 39.6 Å². The molecule has 0 fully saturated rings. The summed E-state index contributed by atoms with van der Waals surface area (Å²) < 4.78 is 5.41. The predicted octanol–water partition coefficient (Wildman–Crippen LogP) is 8.74. The molecule has 0 saturated carbocycles. The molecule has 0 N–H and O–H groups in total. The van der Waals surface area contributed by atoms with Crippen LogP contribution in [0.25, 0.3) is 22.2 Å². The van der Waals surface area contributed by atoms with Crippen LogP contribution < -0.4 is 4.74 Å². The highest BCUT2D eigenvalue weighted by atomic mass is 16.5. The lowest BCUT2D eigenvalue weighted by molar-refractivity contribution is -0.131. The van der Waals surface area contributed by atoms with Gasteiger partial charge in [0, 0.05) is 24.0 Å². The monoisotopic (exact) mass is 638 g/mol. The van der Waals surface area contributed by atoms with E-state index in [1.54, 1.807) is 6.07 Å². The van der Waals surface area contributed by atoms with Gasteiger partial charge in [-0.1, -0.05) is 115 Å². The van der Waals surface area contributed by atoms with Gasteiger partial charge in [0.25, 0.3) is 0 Å². The Morgan fingerprint density at radius 3 is 2.41 bits per heavy atom. The highest BCUT2D eigenvalue weighted by Crippen LogP contribution is 2.34. The van der Waals surface area contributed by atoms with E-state index in [4.69, 9.17) is 24.7 Å². The van der Waals surface area contributed by atoms with Gasteiger partial charge in [-0.15, -0.1) is 0 Å². The second-order valence-electron chi connectivity index (χ2n) is 12.4. The average Bonchev–Trinajstić information content (AvgIpc) is 3.44. The van der Waals surface area contributed by atoms with Crippen molar-refractivity contribution in [1.29, 1.82) is 0 Å². The average molecular weight is 639 g/mol. The van der Waals surface area contributed by atoms with E-state index in [0.29, 0.717) is 5.75 Å². The molecule has 0 radical (unpaired) electrons. The van der Waals surface area contributed by atoms with Gasteiger partial charge in [-0.05, 0) is 59.9 Å². The topological polar surface area (TPSA) is 76.8 Å². The number of rotatable bonds is 6. The van der Waals surface area contributed by atoms with Crippen molar-refractivity contribution in [3.05, 3.63) is 174 Å². The maximum atomic E-state index is 11.7. The van der Waals surface area contributed by atoms with Gasteiger partial charge < -0.3 is 4.74 Å². The van der Waals surface area contributed by atoms with Crippen LogP contribution in [-0.4, -0.2) is 39.4 Å². The quantitative estimate of drug-likeness (QED) is 0.156. The number of allylic oxidation sites excluding steroid dienone is 12. The van der Waals surface area contributed by atoms with Crippen LogP contribution in [0.5, 0.6) is 5.75 Å². The minimum absolute atomic E-state index is 0.145. The molecule has 49 heavy (non-hydrogen) atoms. The summed E-state index contributed by atoms with van der Waals surface area (Å²) in [5, 5.41) is 0. The van der Waals surface area contributed by atoms with E-state index < -0.39 is 0 Å². The minimum atomic E-state index is -0.365. The van der Waals surface area contributed by atoms with Crippen LogP contribution >= 0.6 is 0 Å². The van der Waals surface area contributed by atoms with E-state index in [1.807, 2.05) is 48.5 Å². The van der Waals surface area contributed by atoms with Crippen molar-refractivity contribution in [2.75, 3.05) is 0 Å². The number of carbonyl (C=O) groups is 1. The Hall–Kier alpha value is -6.01. The molecule has 0 amide bonds. The molecule has 3 atom stereocenters. The van der Waals surface area contributed by atoms with Crippen LogP contribution in [0, 0.1) is 0 Å². The number of hydrogen-bond donors (Lipinski definition) is 0. The lowest BCUT2D eigenvalue weighted by Gasteiger charge is -2.28. The fourth-order valence-corrected chi connectivity index (χ4v) is 6.65. The van der Waals surface area contributed by atoms with Gasteiger partial charge in [0.1, 0.15) is 5.75 Å². The highest BCUT2D eigenvalue weighted by molar-refractivity contribution is 6.54. The summed E-state index contributed by atoms with van der Waals surface area (Å²) in [6, 6.07) is 23.6. The third-order valence-electron chi connectivity index (χ3n) is 9.00. The van der Waals surface area contributed by atoms with E-state index in [-0.39, 0.29) is 24.0 Å². The van der Waals surface area contributed by atoms with Crippen LogP contribution in [0.15, 0.2) is 156 Å². The van der Waals surface area contributed by atoms with Crippen molar-refractivity contribution < 1.29 is 9.53 Å². The highest BCUT2D eigenvalue weighted by Gasteiger charge is 2.29. The van der Waals surface area contributed by atoms with Crippen molar-refractivity contribution in [2.45, 2.75) is 37.8 Å². The summed E-state index contributed by atoms with van der Waals surface area (Å²) in [6.45, 7) is 1.40. The van der Waals surface area contributed by atoms with E-state index in [1.165, 1.54) is 6.92 Å². The van der Waals surface area contributed by atoms with Gasteiger partial charge in [-0.3, -0.25) is 14.8 Å². The second-order valence-corrected chi connectivity index (χ2v) is 12.4. The first-order chi connectivity index (χ1) is 24.1. The van der Waals surface area contributed by atoms with Crippen molar-refractivity contribution in [3.63, 3.8) is 0 Å². The molecule has 0 bridgehead atoms. The summed E-state index contributed by atoms with van der Waals surface area (Å²) in [5.41, 5.74) is 10.3. The minimum Gasteiger partial charge on any atom is -0.427 e. The van der Waals surface area contributed by atoms with Gasteiger partial charge in [0.15, 0.2) is 0 Å². The Kier molecular flexibility index (Phi) is 8.20. The third-order valence-corrected chi connectivity index (χ3v) is 9.00. The molecule has 3 aliphatic carbocycles. The number of carbonyl (C=O) groups excluding carboxylic acids is 1. The molecular formula is C43H34N4O2. The summed E-state index contributed by atoms with van der Waals surface area (Å²) in [7, 11) is 0. The zero-order valence-corrected chi connectivity index (χ0v) is 27.1. The number of ether oxygens (including phenoxy) is 1. The summed E-state index contributed by atoms with van der Waals surface area (Å²) >= 11 is 0. The SMILES string of the molecule is CC(=O)Oc1cccc(C2=N[C@H]3C=C(c4ccc5nc(C6C=CC=CC6)c(C6=CCC=CC=C6)nc5c4)C=CC3N=C2c2ccccc2)c1. The molecule has 4 aromatic rings. The molecule has 6 heteroatoms. The molecule has 4 aliphatic rings. The van der Waals surface area contributed by atoms with Gasteiger partial charge in [-0.2, -0.15) is 0 Å². The summed E-state index contributed by atoms with van der Waals surface area (Å²) in [6.07, 6.45) is 27.5. The summed E-state index contributed by atoms with van der Waals surface area (Å²) in [5.74, 6) is 0.289. The number of aliphatic imine (C=N–C) groups is 2. The molecule has 6 nitrogen and oxygen atoms in total. The maximum absolute atomic E-state index is 11.7. The molecular weight excluding hydrogens is 604 g/mol. The van der Waals surface area contributed by atoms with Crippen LogP contribution in [0.3, 0.4) is 0 Å². The van der Waals surface area contributed by atoms with Gasteiger partial charge in [0.05, 0.1) is 45.9 Å². The predicted molar refractivity (Wildman–Crippen MR) is 198 cm³/mol. The first-order valence-electron chi connectivity index (χ1n) is 16.7. The second kappa shape index (κ2) is 13.2. The van der Waals surface area contributed by atoms with E-state index in [9.17, 15) is 4.79 Å². The normalized spacial score (nSPS) is 21.0. The number of benzene rings is 3.